The minimum absolute atomic E-state index is 0.0601. The van der Waals surface area contributed by atoms with E-state index in [2.05, 4.69) is 0 Å². The Labute approximate surface area is 150 Å². The number of fused-ring (bicyclic) bond motifs is 1. The van der Waals surface area contributed by atoms with E-state index in [4.69, 9.17) is 9.47 Å². The average Bonchev–Trinajstić information content (AvgIpc) is 2.59. The molecule has 2 aliphatic rings. The molecule has 2 heterocycles. The van der Waals surface area contributed by atoms with Crippen LogP contribution in [0.2, 0.25) is 0 Å². The van der Waals surface area contributed by atoms with Gasteiger partial charge in [-0.15, -0.1) is 0 Å². The minimum atomic E-state index is -3.65. The Kier molecular flexibility index (Phi) is 4.82. The maximum Gasteiger partial charge on any atom is 0.302 e. The molecule has 1 saturated heterocycles. The first kappa shape index (κ1) is 18.1. The van der Waals surface area contributed by atoms with Crippen LogP contribution in [0.4, 0.5) is 0 Å². The van der Waals surface area contributed by atoms with Crippen LogP contribution < -0.4 is 0 Å². The highest BCUT2D eigenvalue weighted by atomic mass is 32.2. The standard InChI is InChI=1S/C17H17NO7S/c1-11(19)24-7-8-25-13-10-26(22,23)15-9-14(20)18(15)16(13)17(21)12-5-3-2-4-6-12/h2-6,15H,7-10H2,1H3/t15-/m1/s1. The van der Waals surface area contributed by atoms with Crippen LogP contribution in [0.15, 0.2) is 41.8 Å². The van der Waals surface area contributed by atoms with E-state index < -0.39 is 38.6 Å². The predicted molar refractivity (Wildman–Crippen MR) is 89.4 cm³/mol. The number of esters is 1. The number of sulfone groups is 1. The lowest BCUT2D eigenvalue weighted by Crippen LogP contribution is -2.60. The van der Waals surface area contributed by atoms with Crippen LogP contribution in [0.25, 0.3) is 0 Å². The smallest absolute Gasteiger partial charge is 0.302 e. The van der Waals surface area contributed by atoms with E-state index in [9.17, 15) is 22.8 Å². The maximum absolute atomic E-state index is 12.9. The summed E-state index contributed by atoms with van der Waals surface area (Å²) in [4.78, 5) is 36.7. The number of hydrogen-bond donors (Lipinski definition) is 0. The number of Topliss-reactive ketones (excluding diaryl/α,β-unsaturated/α-hetero) is 1. The van der Waals surface area contributed by atoms with Crippen LogP contribution in [0.3, 0.4) is 0 Å². The van der Waals surface area contributed by atoms with Gasteiger partial charge in [0.1, 0.15) is 35.8 Å². The number of allylic oxidation sites excluding steroid dienone is 1. The fraction of sp³-hybridized carbons (Fsp3) is 0.353. The van der Waals surface area contributed by atoms with Crippen molar-refractivity contribution in [1.82, 2.24) is 4.90 Å². The Balaban J connectivity index is 1.95. The van der Waals surface area contributed by atoms with E-state index in [1.807, 2.05) is 0 Å². The van der Waals surface area contributed by atoms with Crippen LogP contribution in [-0.2, 0) is 28.9 Å². The Bertz CT molecular complexity index is 889. The second-order valence-corrected chi connectivity index (χ2v) is 8.04. The van der Waals surface area contributed by atoms with Gasteiger partial charge in [-0.05, 0) is 0 Å². The average molecular weight is 379 g/mol. The van der Waals surface area contributed by atoms with Gasteiger partial charge in [-0.2, -0.15) is 0 Å². The summed E-state index contributed by atoms with van der Waals surface area (Å²) in [6.45, 7) is 1.02. The van der Waals surface area contributed by atoms with Crippen molar-refractivity contribution in [1.29, 1.82) is 0 Å². The van der Waals surface area contributed by atoms with Gasteiger partial charge in [0.2, 0.25) is 11.7 Å². The van der Waals surface area contributed by atoms with E-state index in [1.54, 1.807) is 30.3 Å². The molecular formula is C17H17NO7S. The predicted octanol–water partition coefficient (Wildman–Crippen LogP) is 0.647. The fourth-order valence-electron chi connectivity index (χ4n) is 2.85. The van der Waals surface area contributed by atoms with Crippen LogP contribution in [0.1, 0.15) is 23.7 Å². The summed E-state index contributed by atoms with van der Waals surface area (Å²) in [5.74, 6) is -2.01. The van der Waals surface area contributed by atoms with Crippen molar-refractivity contribution < 1.29 is 32.3 Å². The number of benzene rings is 1. The van der Waals surface area contributed by atoms with E-state index in [0.29, 0.717) is 5.56 Å². The zero-order valence-corrected chi connectivity index (χ0v) is 14.8. The molecule has 8 nitrogen and oxygen atoms in total. The molecule has 26 heavy (non-hydrogen) atoms. The van der Waals surface area contributed by atoms with Gasteiger partial charge in [0.25, 0.3) is 0 Å². The van der Waals surface area contributed by atoms with Gasteiger partial charge in [-0.3, -0.25) is 19.3 Å². The molecule has 9 heteroatoms. The second-order valence-electron chi connectivity index (χ2n) is 5.89. The fourth-order valence-corrected chi connectivity index (χ4v) is 4.57. The Morgan fingerprint density at radius 1 is 1.19 bits per heavy atom. The van der Waals surface area contributed by atoms with Gasteiger partial charge in [0.05, 0.1) is 6.42 Å². The summed E-state index contributed by atoms with van der Waals surface area (Å²) in [7, 11) is -3.65. The van der Waals surface area contributed by atoms with Crippen molar-refractivity contribution >= 4 is 27.5 Å². The lowest BCUT2D eigenvalue weighted by atomic mass is 10.0. The molecule has 0 spiro atoms. The maximum atomic E-state index is 12.9. The molecule has 0 bridgehead atoms. The third-order valence-electron chi connectivity index (χ3n) is 4.07. The Morgan fingerprint density at radius 2 is 1.88 bits per heavy atom. The molecule has 1 aromatic carbocycles. The summed E-state index contributed by atoms with van der Waals surface area (Å²) < 4.78 is 34.9. The lowest BCUT2D eigenvalue weighted by molar-refractivity contribution is -0.142. The number of nitrogens with zero attached hydrogens (tertiary/aromatic N) is 1. The first-order chi connectivity index (χ1) is 12.3. The number of hydrogen-bond acceptors (Lipinski definition) is 7. The topological polar surface area (TPSA) is 107 Å². The number of carbonyl (C=O) groups excluding carboxylic acids is 3. The van der Waals surface area contributed by atoms with Crippen LogP contribution in [-0.4, -0.2) is 55.3 Å². The van der Waals surface area contributed by atoms with Crippen molar-refractivity contribution in [2.75, 3.05) is 19.0 Å². The summed E-state index contributed by atoms with van der Waals surface area (Å²) in [5, 5.41) is -1.03. The number of β-lactam (4-membered cyclic amide) rings is 1. The van der Waals surface area contributed by atoms with Crippen molar-refractivity contribution in [3.05, 3.63) is 47.4 Å². The zero-order valence-electron chi connectivity index (χ0n) is 14.0. The summed E-state index contributed by atoms with van der Waals surface area (Å²) in [6.07, 6.45) is -0.144. The van der Waals surface area contributed by atoms with E-state index >= 15 is 0 Å². The molecule has 1 amide bonds. The number of ether oxygens (including phenoxy) is 2. The summed E-state index contributed by atoms with van der Waals surface area (Å²) in [5.41, 5.74) is 0.261. The highest BCUT2D eigenvalue weighted by molar-refractivity contribution is 7.92. The van der Waals surface area contributed by atoms with Gasteiger partial charge in [-0.25, -0.2) is 8.42 Å². The summed E-state index contributed by atoms with van der Waals surface area (Å²) in [6, 6.07) is 8.24. The number of ketones is 1. The van der Waals surface area contributed by atoms with Crippen LogP contribution >= 0.6 is 0 Å². The molecule has 3 rings (SSSR count). The second kappa shape index (κ2) is 6.91. The molecule has 0 unspecified atom stereocenters. The Morgan fingerprint density at radius 3 is 2.50 bits per heavy atom. The molecule has 138 valence electrons. The Hall–Kier alpha value is -2.68. The highest BCUT2D eigenvalue weighted by Crippen LogP contribution is 2.37. The molecule has 1 aromatic rings. The molecular weight excluding hydrogens is 362 g/mol. The third kappa shape index (κ3) is 3.34. The molecule has 2 aliphatic heterocycles. The quantitative estimate of drug-likeness (QED) is 0.309. The van der Waals surface area contributed by atoms with Gasteiger partial charge in [0, 0.05) is 12.5 Å². The largest absolute Gasteiger partial charge is 0.491 e. The first-order valence-corrected chi connectivity index (χ1v) is 9.65. The molecule has 0 aromatic heterocycles. The SMILES string of the molecule is CC(=O)OCCOC1=C(C(=O)c2ccccc2)N2C(=O)C[C@H]2S(=O)(=O)C1. The molecule has 0 N–H and O–H groups in total. The first-order valence-electron chi connectivity index (χ1n) is 7.94. The molecule has 0 saturated carbocycles. The number of rotatable bonds is 6. The number of carbonyl (C=O) groups is 3. The van der Waals surface area contributed by atoms with Gasteiger partial charge in [-0.1, -0.05) is 30.3 Å². The molecule has 0 radical (unpaired) electrons. The minimum Gasteiger partial charge on any atom is -0.491 e. The van der Waals surface area contributed by atoms with E-state index in [0.717, 1.165) is 4.90 Å². The van der Waals surface area contributed by atoms with Crippen LogP contribution in [0, 0.1) is 0 Å². The van der Waals surface area contributed by atoms with Crippen molar-refractivity contribution in [3.8, 4) is 0 Å². The zero-order chi connectivity index (χ0) is 18.9. The van der Waals surface area contributed by atoms with Gasteiger partial charge < -0.3 is 9.47 Å². The lowest BCUT2D eigenvalue weighted by Gasteiger charge is -2.44. The van der Waals surface area contributed by atoms with E-state index in [-0.39, 0.29) is 31.1 Å². The highest BCUT2D eigenvalue weighted by Gasteiger charge is 2.53. The molecule has 1 atom stereocenters. The molecule has 1 fully saturated rings. The normalized spacial score (nSPS) is 20.9. The summed E-state index contributed by atoms with van der Waals surface area (Å²) >= 11 is 0. The van der Waals surface area contributed by atoms with Gasteiger partial charge >= 0.3 is 5.97 Å². The third-order valence-corrected chi connectivity index (χ3v) is 5.94. The monoisotopic (exact) mass is 379 g/mol. The van der Waals surface area contributed by atoms with Crippen molar-refractivity contribution in [3.63, 3.8) is 0 Å². The number of amides is 1. The van der Waals surface area contributed by atoms with Crippen molar-refractivity contribution in [2.45, 2.75) is 18.7 Å². The van der Waals surface area contributed by atoms with Crippen molar-refractivity contribution in [2.24, 2.45) is 0 Å². The van der Waals surface area contributed by atoms with Crippen LogP contribution in [0.5, 0.6) is 0 Å². The van der Waals surface area contributed by atoms with E-state index in [1.165, 1.54) is 6.92 Å². The van der Waals surface area contributed by atoms with Gasteiger partial charge in [0.15, 0.2) is 9.84 Å². The molecule has 0 aliphatic carbocycles.